The molecular formula is C25H26O3. The minimum absolute atomic E-state index is 0.0344. The quantitative estimate of drug-likeness (QED) is 0.674. The molecule has 2 aliphatic carbocycles. The molecule has 0 aromatic heterocycles. The number of carbonyl (C=O) groups excluding carboxylic acids is 2. The van der Waals surface area contributed by atoms with Crippen LogP contribution >= 0.6 is 0 Å². The van der Waals surface area contributed by atoms with Crippen molar-refractivity contribution >= 4 is 17.3 Å². The Bertz CT molecular complexity index is 915. The van der Waals surface area contributed by atoms with Crippen LogP contribution in [0.3, 0.4) is 0 Å². The molecule has 2 aromatic rings. The zero-order chi connectivity index (χ0) is 19.5. The van der Waals surface area contributed by atoms with Crippen LogP contribution in [0, 0.1) is 0 Å². The number of aryl methyl sites for hydroxylation is 1. The maximum Gasteiger partial charge on any atom is 0.234 e. The van der Waals surface area contributed by atoms with Crippen molar-refractivity contribution in [1.82, 2.24) is 0 Å². The first-order valence-corrected chi connectivity index (χ1v) is 10.3. The highest BCUT2D eigenvalue weighted by atomic mass is 16.3. The van der Waals surface area contributed by atoms with Crippen molar-refractivity contribution in [1.29, 1.82) is 0 Å². The minimum Gasteiger partial charge on any atom is -0.507 e. The number of carbonyl (C=O) groups is 2. The Hall–Kier alpha value is -2.68. The predicted molar refractivity (Wildman–Crippen MR) is 111 cm³/mol. The SMILES string of the molecule is O=C1C(=O)c2ccccc2C(O)=C1CCCc1ccc(C2CCCCC2)cc1. The van der Waals surface area contributed by atoms with Crippen LogP contribution in [0.5, 0.6) is 0 Å². The maximum atomic E-state index is 12.4. The van der Waals surface area contributed by atoms with Gasteiger partial charge < -0.3 is 5.11 Å². The van der Waals surface area contributed by atoms with Gasteiger partial charge in [-0.05, 0) is 49.1 Å². The monoisotopic (exact) mass is 374 g/mol. The van der Waals surface area contributed by atoms with Crippen LogP contribution in [0.1, 0.15) is 77.9 Å². The summed E-state index contributed by atoms with van der Waals surface area (Å²) >= 11 is 0. The standard InChI is InChI=1S/C25H26O3/c26-23-20-10-4-5-11-21(20)24(27)25(28)22(23)12-6-7-17-13-15-19(16-14-17)18-8-2-1-3-9-18/h4-5,10-11,13-16,18,26H,1-3,6-9,12H2. The first kappa shape index (κ1) is 18.7. The zero-order valence-electron chi connectivity index (χ0n) is 16.1. The van der Waals surface area contributed by atoms with Crippen LogP contribution < -0.4 is 0 Å². The molecule has 0 aliphatic heterocycles. The molecular weight excluding hydrogens is 348 g/mol. The fourth-order valence-corrected chi connectivity index (χ4v) is 4.51. The molecule has 2 aliphatic rings. The molecule has 3 nitrogen and oxygen atoms in total. The molecule has 0 radical (unpaired) electrons. The second kappa shape index (κ2) is 8.14. The molecule has 0 atom stereocenters. The van der Waals surface area contributed by atoms with E-state index in [9.17, 15) is 14.7 Å². The highest BCUT2D eigenvalue weighted by Gasteiger charge is 2.31. The van der Waals surface area contributed by atoms with Gasteiger partial charge in [0.25, 0.3) is 0 Å². The fourth-order valence-electron chi connectivity index (χ4n) is 4.51. The molecule has 1 fully saturated rings. The number of fused-ring (bicyclic) bond motifs is 1. The summed E-state index contributed by atoms with van der Waals surface area (Å²) in [6, 6.07) is 15.6. The molecule has 2 aromatic carbocycles. The summed E-state index contributed by atoms with van der Waals surface area (Å²) in [6.07, 6.45) is 8.59. The first-order chi connectivity index (χ1) is 13.6. The number of aliphatic hydroxyl groups is 1. The number of allylic oxidation sites excluding steroid dienone is 1. The Labute approximate surface area is 166 Å². The predicted octanol–water partition coefficient (Wildman–Crippen LogP) is 5.79. The largest absolute Gasteiger partial charge is 0.507 e. The van der Waals surface area contributed by atoms with E-state index in [0.717, 1.165) is 12.8 Å². The Morgan fingerprint density at radius 2 is 1.46 bits per heavy atom. The van der Waals surface area contributed by atoms with Gasteiger partial charge in [-0.1, -0.05) is 67.8 Å². The van der Waals surface area contributed by atoms with Crippen molar-refractivity contribution < 1.29 is 14.7 Å². The molecule has 0 saturated heterocycles. The van der Waals surface area contributed by atoms with Crippen LogP contribution in [0.2, 0.25) is 0 Å². The third-order valence-corrected chi connectivity index (χ3v) is 6.14. The number of ketones is 2. The number of benzene rings is 2. The van der Waals surface area contributed by atoms with Crippen LogP contribution in [0.4, 0.5) is 0 Å². The Morgan fingerprint density at radius 3 is 2.18 bits per heavy atom. The molecule has 1 saturated carbocycles. The summed E-state index contributed by atoms with van der Waals surface area (Å²) in [5, 5.41) is 10.5. The molecule has 0 heterocycles. The summed E-state index contributed by atoms with van der Waals surface area (Å²) in [4.78, 5) is 24.7. The summed E-state index contributed by atoms with van der Waals surface area (Å²) < 4.78 is 0. The molecule has 0 unspecified atom stereocenters. The van der Waals surface area contributed by atoms with Crippen molar-refractivity contribution in [2.75, 3.05) is 0 Å². The Kier molecular flexibility index (Phi) is 5.43. The van der Waals surface area contributed by atoms with Crippen LogP contribution in [-0.4, -0.2) is 16.7 Å². The highest BCUT2D eigenvalue weighted by molar-refractivity contribution is 6.52. The molecule has 0 spiro atoms. The topological polar surface area (TPSA) is 54.4 Å². The Morgan fingerprint density at radius 1 is 0.786 bits per heavy atom. The molecule has 4 rings (SSSR count). The second-order valence-corrected chi connectivity index (χ2v) is 7.96. The molecule has 144 valence electrons. The smallest absolute Gasteiger partial charge is 0.234 e. The van der Waals surface area contributed by atoms with E-state index in [0.29, 0.717) is 23.5 Å². The fraction of sp³-hybridized carbons (Fsp3) is 0.360. The molecule has 28 heavy (non-hydrogen) atoms. The van der Waals surface area contributed by atoms with Gasteiger partial charge in [-0.25, -0.2) is 0 Å². The first-order valence-electron chi connectivity index (χ1n) is 10.3. The zero-order valence-corrected chi connectivity index (χ0v) is 16.1. The summed E-state index contributed by atoms with van der Waals surface area (Å²) in [6.45, 7) is 0. The van der Waals surface area contributed by atoms with Crippen LogP contribution in [0.15, 0.2) is 54.1 Å². The van der Waals surface area contributed by atoms with E-state index in [1.165, 1.54) is 43.2 Å². The minimum atomic E-state index is -0.566. The van der Waals surface area contributed by atoms with Gasteiger partial charge in [0.2, 0.25) is 11.6 Å². The maximum absolute atomic E-state index is 12.4. The summed E-state index contributed by atoms with van der Waals surface area (Å²) in [5.74, 6) is -0.409. The van der Waals surface area contributed by atoms with Crippen molar-refractivity contribution in [3.8, 4) is 0 Å². The van der Waals surface area contributed by atoms with Crippen molar-refractivity contribution in [2.45, 2.75) is 57.3 Å². The van der Waals surface area contributed by atoms with Crippen molar-refractivity contribution in [3.63, 3.8) is 0 Å². The number of hydrogen-bond donors (Lipinski definition) is 1. The number of hydrogen-bond acceptors (Lipinski definition) is 3. The van der Waals surface area contributed by atoms with Gasteiger partial charge in [-0.15, -0.1) is 0 Å². The lowest BCUT2D eigenvalue weighted by molar-refractivity contribution is -0.112. The van der Waals surface area contributed by atoms with E-state index < -0.39 is 11.6 Å². The summed E-state index contributed by atoms with van der Waals surface area (Å²) in [5.41, 5.74) is 3.69. The molecule has 3 heteroatoms. The third-order valence-electron chi connectivity index (χ3n) is 6.14. The number of aliphatic hydroxyl groups excluding tert-OH is 1. The van der Waals surface area contributed by atoms with Crippen LogP contribution in [-0.2, 0) is 11.2 Å². The van der Waals surface area contributed by atoms with E-state index in [1.807, 2.05) is 0 Å². The Balaban J connectivity index is 1.41. The summed E-state index contributed by atoms with van der Waals surface area (Å²) in [7, 11) is 0. The van der Waals surface area contributed by atoms with E-state index >= 15 is 0 Å². The average molecular weight is 374 g/mol. The number of Topliss-reactive ketones (excluding diaryl/α,β-unsaturated/α-hetero) is 2. The lowest BCUT2D eigenvalue weighted by Crippen LogP contribution is -2.24. The van der Waals surface area contributed by atoms with Crippen LogP contribution in [0.25, 0.3) is 5.76 Å². The average Bonchev–Trinajstić information content (AvgIpc) is 2.75. The van der Waals surface area contributed by atoms with Crippen molar-refractivity contribution in [3.05, 3.63) is 76.4 Å². The third kappa shape index (κ3) is 3.66. The van der Waals surface area contributed by atoms with Gasteiger partial charge in [0, 0.05) is 16.7 Å². The van der Waals surface area contributed by atoms with E-state index in [-0.39, 0.29) is 11.3 Å². The van der Waals surface area contributed by atoms with E-state index in [1.54, 1.807) is 24.3 Å². The van der Waals surface area contributed by atoms with E-state index in [4.69, 9.17) is 0 Å². The second-order valence-electron chi connectivity index (χ2n) is 7.96. The molecule has 0 bridgehead atoms. The van der Waals surface area contributed by atoms with E-state index in [2.05, 4.69) is 24.3 Å². The van der Waals surface area contributed by atoms with Crippen molar-refractivity contribution in [2.24, 2.45) is 0 Å². The van der Waals surface area contributed by atoms with Gasteiger partial charge in [0.1, 0.15) is 5.76 Å². The van der Waals surface area contributed by atoms with Gasteiger partial charge in [0.15, 0.2) is 0 Å². The normalized spacial score (nSPS) is 17.7. The lowest BCUT2D eigenvalue weighted by Gasteiger charge is -2.22. The molecule has 1 N–H and O–H groups in total. The number of rotatable bonds is 5. The van der Waals surface area contributed by atoms with Gasteiger partial charge >= 0.3 is 0 Å². The van der Waals surface area contributed by atoms with Gasteiger partial charge in [-0.3, -0.25) is 9.59 Å². The van der Waals surface area contributed by atoms with Gasteiger partial charge in [0.05, 0.1) is 0 Å². The molecule has 0 amide bonds. The van der Waals surface area contributed by atoms with Gasteiger partial charge in [-0.2, -0.15) is 0 Å². The lowest BCUT2D eigenvalue weighted by atomic mass is 9.83. The highest BCUT2D eigenvalue weighted by Crippen LogP contribution is 2.33.